The van der Waals surface area contributed by atoms with Crippen molar-refractivity contribution in [1.82, 2.24) is 9.55 Å². The molecule has 5 nitrogen and oxygen atoms in total. The summed E-state index contributed by atoms with van der Waals surface area (Å²) in [6, 6.07) is 17.1. The molecule has 30 heavy (non-hydrogen) atoms. The topological polar surface area (TPSA) is 64.3 Å². The molecule has 0 unspecified atom stereocenters. The number of carboxylic acid groups (broad SMARTS) is 1. The molecular formula is C25H30N2O3. The largest absolute Gasteiger partial charge is 0.494 e. The highest BCUT2D eigenvalue weighted by atomic mass is 16.5. The van der Waals surface area contributed by atoms with Crippen molar-refractivity contribution in [2.45, 2.75) is 63.8 Å². The zero-order valence-corrected chi connectivity index (χ0v) is 17.4. The summed E-state index contributed by atoms with van der Waals surface area (Å²) >= 11 is 0. The van der Waals surface area contributed by atoms with Gasteiger partial charge in [-0.15, -0.1) is 0 Å². The number of ether oxygens (including phenoxy) is 1. The number of nitrogens with zero attached hydrogens (tertiary/aromatic N) is 2. The van der Waals surface area contributed by atoms with Gasteiger partial charge in [0.05, 0.1) is 17.6 Å². The van der Waals surface area contributed by atoms with E-state index in [2.05, 4.69) is 41.0 Å². The molecule has 4 rings (SSSR count). The van der Waals surface area contributed by atoms with Crippen LogP contribution in [0.5, 0.6) is 5.75 Å². The van der Waals surface area contributed by atoms with Gasteiger partial charge in [0.2, 0.25) is 0 Å². The predicted octanol–water partition coefficient (Wildman–Crippen LogP) is 6.23. The number of hydrogen-bond donors (Lipinski definition) is 1. The molecule has 158 valence electrons. The molecule has 5 heteroatoms. The number of imidazole rings is 1. The van der Waals surface area contributed by atoms with Gasteiger partial charge in [0, 0.05) is 24.1 Å². The third kappa shape index (κ3) is 4.84. The standard InChI is InChI=1S/C25H30N2O3/c28-24(29)14-8-3-9-17-30-21-15-16-22-23(18-21)27(20-12-6-2-7-13-20)25(26-22)19-10-4-1-5-11-19/h1,4-5,10-11,15-16,18,20H,2-3,6-9,12-14,17H2,(H,28,29). The Morgan fingerprint density at radius 1 is 1.03 bits per heavy atom. The van der Waals surface area contributed by atoms with Gasteiger partial charge in [0.25, 0.3) is 0 Å². The average Bonchev–Trinajstić information content (AvgIpc) is 3.16. The molecule has 1 aromatic heterocycles. The van der Waals surface area contributed by atoms with Crippen LogP contribution in [0.25, 0.3) is 22.4 Å². The average molecular weight is 407 g/mol. The van der Waals surface area contributed by atoms with E-state index in [1.54, 1.807) is 0 Å². The van der Waals surface area contributed by atoms with Crippen molar-refractivity contribution >= 4 is 17.0 Å². The van der Waals surface area contributed by atoms with E-state index in [1.165, 1.54) is 32.1 Å². The first-order chi connectivity index (χ1) is 14.7. The second-order valence-corrected chi connectivity index (χ2v) is 8.17. The van der Waals surface area contributed by atoms with Crippen LogP contribution in [0.3, 0.4) is 0 Å². The maximum absolute atomic E-state index is 10.6. The van der Waals surface area contributed by atoms with Crippen LogP contribution < -0.4 is 4.74 Å². The van der Waals surface area contributed by atoms with Crippen molar-refractivity contribution in [2.75, 3.05) is 6.61 Å². The molecule has 0 bridgehead atoms. The number of rotatable bonds is 9. The van der Waals surface area contributed by atoms with Crippen LogP contribution in [0.2, 0.25) is 0 Å². The molecule has 1 N–H and O–H groups in total. The van der Waals surface area contributed by atoms with Gasteiger partial charge in [-0.2, -0.15) is 0 Å². The number of benzene rings is 2. The van der Waals surface area contributed by atoms with E-state index in [0.717, 1.165) is 41.0 Å². The Kier molecular flexibility index (Phi) is 6.67. The predicted molar refractivity (Wildman–Crippen MR) is 119 cm³/mol. The summed E-state index contributed by atoms with van der Waals surface area (Å²) in [6.45, 7) is 0.605. The highest BCUT2D eigenvalue weighted by molar-refractivity contribution is 5.82. The summed E-state index contributed by atoms with van der Waals surface area (Å²) in [5, 5.41) is 8.73. The maximum atomic E-state index is 10.6. The molecule has 0 radical (unpaired) electrons. The van der Waals surface area contributed by atoms with E-state index in [1.807, 2.05) is 12.1 Å². The van der Waals surface area contributed by atoms with Gasteiger partial charge in [0.1, 0.15) is 11.6 Å². The second-order valence-electron chi connectivity index (χ2n) is 8.17. The molecule has 0 amide bonds. The van der Waals surface area contributed by atoms with E-state index in [-0.39, 0.29) is 6.42 Å². The lowest BCUT2D eigenvalue weighted by Gasteiger charge is -2.25. The first-order valence-electron chi connectivity index (χ1n) is 11.1. The van der Waals surface area contributed by atoms with Crippen LogP contribution in [0.4, 0.5) is 0 Å². The van der Waals surface area contributed by atoms with Gasteiger partial charge in [0.15, 0.2) is 0 Å². The van der Waals surface area contributed by atoms with E-state index in [4.69, 9.17) is 14.8 Å². The molecule has 1 saturated carbocycles. The second kappa shape index (κ2) is 9.79. The maximum Gasteiger partial charge on any atom is 0.303 e. The number of aliphatic carboxylic acids is 1. The SMILES string of the molecule is O=C(O)CCCCCOc1ccc2nc(-c3ccccc3)n(C3CCCCC3)c2c1. The Labute approximate surface area is 177 Å². The lowest BCUT2D eigenvalue weighted by Crippen LogP contribution is -2.14. The molecule has 1 aliphatic carbocycles. The monoisotopic (exact) mass is 406 g/mol. The van der Waals surface area contributed by atoms with Crippen LogP contribution >= 0.6 is 0 Å². The van der Waals surface area contributed by atoms with Gasteiger partial charge in [-0.05, 0) is 44.2 Å². The summed E-state index contributed by atoms with van der Waals surface area (Å²) in [7, 11) is 0. The van der Waals surface area contributed by atoms with Crippen LogP contribution in [0, 0.1) is 0 Å². The molecule has 0 saturated heterocycles. The van der Waals surface area contributed by atoms with Gasteiger partial charge in [-0.25, -0.2) is 4.98 Å². The third-order valence-corrected chi connectivity index (χ3v) is 5.94. The molecule has 0 aliphatic heterocycles. The Hall–Kier alpha value is -2.82. The Morgan fingerprint density at radius 2 is 1.83 bits per heavy atom. The molecule has 0 atom stereocenters. The Balaban J connectivity index is 1.56. The van der Waals surface area contributed by atoms with Gasteiger partial charge in [-0.3, -0.25) is 4.79 Å². The van der Waals surface area contributed by atoms with Crippen LogP contribution in [-0.4, -0.2) is 27.2 Å². The fourth-order valence-electron chi connectivity index (χ4n) is 4.41. The Bertz CT molecular complexity index is 975. The minimum absolute atomic E-state index is 0.231. The number of aromatic nitrogens is 2. The van der Waals surface area contributed by atoms with Gasteiger partial charge >= 0.3 is 5.97 Å². The third-order valence-electron chi connectivity index (χ3n) is 5.94. The molecule has 1 aliphatic rings. The Morgan fingerprint density at radius 3 is 2.60 bits per heavy atom. The first-order valence-corrected chi connectivity index (χ1v) is 11.1. The lowest BCUT2D eigenvalue weighted by atomic mass is 9.95. The van der Waals surface area contributed by atoms with E-state index in [9.17, 15) is 4.79 Å². The molecular weight excluding hydrogens is 376 g/mol. The fraction of sp³-hybridized carbons (Fsp3) is 0.440. The number of fused-ring (bicyclic) bond motifs is 1. The van der Waals surface area contributed by atoms with Gasteiger partial charge < -0.3 is 14.4 Å². The summed E-state index contributed by atoms with van der Waals surface area (Å²) in [4.78, 5) is 15.6. The highest BCUT2D eigenvalue weighted by Gasteiger charge is 2.22. The minimum atomic E-state index is -0.730. The van der Waals surface area contributed by atoms with E-state index < -0.39 is 5.97 Å². The zero-order valence-electron chi connectivity index (χ0n) is 17.4. The van der Waals surface area contributed by atoms with E-state index in [0.29, 0.717) is 19.1 Å². The zero-order chi connectivity index (χ0) is 20.8. The first kappa shape index (κ1) is 20.5. The van der Waals surface area contributed by atoms with Crippen molar-refractivity contribution in [3.8, 4) is 17.1 Å². The fourth-order valence-corrected chi connectivity index (χ4v) is 4.41. The van der Waals surface area contributed by atoms with Crippen molar-refractivity contribution in [2.24, 2.45) is 0 Å². The number of carboxylic acids is 1. The molecule has 2 aromatic carbocycles. The normalized spacial score (nSPS) is 14.8. The number of hydrogen-bond acceptors (Lipinski definition) is 3. The summed E-state index contributed by atoms with van der Waals surface area (Å²) in [5.41, 5.74) is 3.30. The highest BCUT2D eigenvalue weighted by Crippen LogP contribution is 2.36. The van der Waals surface area contributed by atoms with Crippen LogP contribution in [0.15, 0.2) is 48.5 Å². The van der Waals surface area contributed by atoms with Crippen molar-refractivity contribution in [3.05, 3.63) is 48.5 Å². The van der Waals surface area contributed by atoms with Crippen molar-refractivity contribution in [1.29, 1.82) is 0 Å². The van der Waals surface area contributed by atoms with Crippen LogP contribution in [0.1, 0.15) is 63.8 Å². The van der Waals surface area contributed by atoms with E-state index >= 15 is 0 Å². The summed E-state index contributed by atoms with van der Waals surface area (Å²) < 4.78 is 8.42. The smallest absolute Gasteiger partial charge is 0.303 e. The molecule has 0 spiro atoms. The lowest BCUT2D eigenvalue weighted by molar-refractivity contribution is -0.137. The van der Waals surface area contributed by atoms with Crippen molar-refractivity contribution in [3.63, 3.8) is 0 Å². The van der Waals surface area contributed by atoms with Gasteiger partial charge in [-0.1, -0.05) is 49.6 Å². The molecule has 3 aromatic rings. The quantitative estimate of drug-likeness (QED) is 0.428. The number of unbranched alkanes of at least 4 members (excludes halogenated alkanes) is 2. The summed E-state index contributed by atoms with van der Waals surface area (Å²) in [6.07, 6.45) is 8.91. The van der Waals surface area contributed by atoms with Crippen LogP contribution in [-0.2, 0) is 4.79 Å². The molecule has 1 fully saturated rings. The summed E-state index contributed by atoms with van der Waals surface area (Å²) in [5.74, 6) is 1.17. The number of carbonyl (C=O) groups is 1. The molecule has 1 heterocycles. The van der Waals surface area contributed by atoms with Crippen molar-refractivity contribution < 1.29 is 14.6 Å². The minimum Gasteiger partial charge on any atom is -0.494 e.